The topological polar surface area (TPSA) is 78.6 Å². The second-order valence-corrected chi connectivity index (χ2v) is 5.57. The van der Waals surface area contributed by atoms with Crippen molar-refractivity contribution >= 4 is 28.9 Å². The van der Waals surface area contributed by atoms with Gasteiger partial charge in [0.2, 0.25) is 0 Å². The standard InChI is InChI=1S/C14H20ClN3O2/c1-2-18-4-3-9(8-18)7-17-13-11(14(19)20)5-10(16)6-12(13)15/h5-6,9,17H,2-4,7-8,16H2,1H3,(H,19,20). The number of hydrogen-bond acceptors (Lipinski definition) is 4. The van der Waals surface area contributed by atoms with Gasteiger partial charge in [-0.2, -0.15) is 0 Å². The first kappa shape index (κ1) is 14.9. The van der Waals surface area contributed by atoms with E-state index >= 15 is 0 Å². The zero-order chi connectivity index (χ0) is 14.7. The van der Waals surface area contributed by atoms with Crippen LogP contribution in [0.2, 0.25) is 5.02 Å². The summed E-state index contributed by atoms with van der Waals surface area (Å²) in [6, 6.07) is 3.01. The third-order valence-electron chi connectivity index (χ3n) is 3.73. The van der Waals surface area contributed by atoms with Crippen LogP contribution in [0.15, 0.2) is 12.1 Å². The van der Waals surface area contributed by atoms with Crippen molar-refractivity contribution in [1.29, 1.82) is 0 Å². The van der Waals surface area contributed by atoms with E-state index < -0.39 is 5.97 Å². The summed E-state index contributed by atoms with van der Waals surface area (Å²) in [5, 5.41) is 12.8. The number of hydrogen-bond donors (Lipinski definition) is 3. The Hall–Kier alpha value is -1.46. The first-order valence-corrected chi connectivity index (χ1v) is 7.17. The normalized spacial score (nSPS) is 19.2. The van der Waals surface area contributed by atoms with Crippen LogP contribution in [-0.2, 0) is 0 Å². The molecule has 2 rings (SSSR count). The fourth-order valence-corrected chi connectivity index (χ4v) is 2.88. The summed E-state index contributed by atoms with van der Waals surface area (Å²) in [4.78, 5) is 13.6. The first-order chi connectivity index (χ1) is 9.51. The van der Waals surface area contributed by atoms with Crippen molar-refractivity contribution in [3.63, 3.8) is 0 Å². The fraction of sp³-hybridized carbons (Fsp3) is 0.500. The molecule has 1 aromatic rings. The lowest BCUT2D eigenvalue weighted by Gasteiger charge is -2.17. The first-order valence-electron chi connectivity index (χ1n) is 6.79. The van der Waals surface area contributed by atoms with Crippen LogP contribution >= 0.6 is 11.6 Å². The molecule has 0 saturated carbocycles. The van der Waals surface area contributed by atoms with Crippen molar-refractivity contribution in [3.05, 3.63) is 22.7 Å². The minimum absolute atomic E-state index is 0.125. The number of nitrogen functional groups attached to an aromatic ring is 1. The Kier molecular flexibility index (Phi) is 4.73. The van der Waals surface area contributed by atoms with Gasteiger partial charge in [-0.25, -0.2) is 4.79 Å². The third kappa shape index (κ3) is 3.35. The molecule has 1 fully saturated rings. The minimum Gasteiger partial charge on any atom is -0.478 e. The number of halogens is 1. The van der Waals surface area contributed by atoms with Crippen molar-refractivity contribution in [2.45, 2.75) is 13.3 Å². The zero-order valence-corrected chi connectivity index (χ0v) is 12.3. The molecule has 1 atom stereocenters. The fourth-order valence-electron chi connectivity index (χ4n) is 2.59. The molecule has 0 aliphatic carbocycles. The van der Waals surface area contributed by atoms with E-state index in [0.717, 1.165) is 32.6 Å². The number of anilines is 2. The van der Waals surface area contributed by atoms with Gasteiger partial charge >= 0.3 is 5.97 Å². The van der Waals surface area contributed by atoms with E-state index in [9.17, 15) is 9.90 Å². The summed E-state index contributed by atoms with van der Waals surface area (Å²) in [5.41, 5.74) is 6.58. The molecule has 1 heterocycles. The van der Waals surface area contributed by atoms with Gasteiger partial charge < -0.3 is 21.1 Å². The Labute approximate surface area is 123 Å². The largest absolute Gasteiger partial charge is 0.478 e. The lowest BCUT2D eigenvalue weighted by Crippen LogP contribution is -2.23. The minimum atomic E-state index is -1.02. The monoisotopic (exact) mass is 297 g/mol. The Bertz CT molecular complexity index is 507. The van der Waals surface area contributed by atoms with Crippen LogP contribution < -0.4 is 11.1 Å². The lowest BCUT2D eigenvalue weighted by atomic mass is 10.1. The summed E-state index contributed by atoms with van der Waals surface area (Å²) in [7, 11) is 0. The molecule has 0 amide bonds. The molecular weight excluding hydrogens is 278 g/mol. The van der Waals surface area contributed by atoms with E-state index in [-0.39, 0.29) is 5.56 Å². The quantitative estimate of drug-likeness (QED) is 0.727. The molecule has 6 heteroatoms. The van der Waals surface area contributed by atoms with E-state index in [1.807, 2.05) is 0 Å². The van der Waals surface area contributed by atoms with Gasteiger partial charge in [0, 0.05) is 18.8 Å². The highest BCUT2D eigenvalue weighted by atomic mass is 35.5. The molecule has 0 radical (unpaired) electrons. The van der Waals surface area contributed by atoms with Gasteiger partial charge in [0.1, 0.15) is 0 Å². The van der Waals surface area contributed by atoms with Crippen molar-refractivity contribution in [2.75, 3.05) is 37.2 Å². The van der Waals surface area contributed by atoms with E-state index in [2.05, 4.69) is 17.1 Å². The summed E-state index contributed by atoms with van der Waals surface area (Å²) < 4.78 is 0. The predicted octanol–water partition coefficient (Wildman–Crippen LogP) is 2.37. The van der Waals surface area contributed by atoms with E-state index in [4.69, 9.17) is 17.3 Å². The Morgan fingerprint density at radius 2 is 2.35 bits per heavy atom. The number of nitrogens with one attached hydrogen (secondary N) is 1. The molecule has 1 saturated heterocycles. The Morgan fingerprint density at radius 1 is 1.60 bits per heavy atom. The number of rotatable bonds is 5. The number of nitrogens with two attached hydrogens (primary N) is 1. The van der Waals surface area contributed by atoms with Gasteiger partial charge in [0.25, 0.3) is 0 Å². The number of carbonyl (C=O) groups is 1. The molecule has 1 aromatic carbocycles. The molecule has 0 bridgehead atoms. The van der Waals surface area contributed by atoms with Crippen LogP contribution in [0.4, 0.5) is 11.4 Å². The molecule has 0 spiro atoms. The number of aromatic carboxylic acids is 1. The van der Waals surface area contributed by atoms with E-state index in [0.29, 0.717) is 22.3 Å². The number of benzene rings is 1. The van der Waals surface area contributed by atoms with Gasteiger partial charge in [-0.3, -0.25) is 0 Å². The highest BCUT2D eigenvalue weighted by Gasteiger charge is 2.22. The van der Waals surface area contributed by atoms with Crippen LogP contribution in [-0.4, -0.2) is 42.2 Å². The van der Waals surface area contributed by atoms with Crippen LogP contribution in [0.3, 0.4) is 0 Å². The predicted molar refractivity (Wildman–Crippen MR) is 81.5 cm³/mol. The molecule has 20 heavy (non-hydrogen) atoms. The molecule has 1 unspecified atom stereocenters. The van der Waals surface area contributed by atoms with Gasteiger partial charge in [-0.1, -0.05) is 18.5 Å². The smallest absolute Gasteiger partial charge is 0.337 e. The lowest BCUT2D eigenvalue weighted by molar-refractivity contribution is 0.0698. The number of likely N-dealkylation sites (tertiary alicyclic amines) is 1. The number of carboxylic acids is 1. The molecule has 110 valence electrons. The summed E-state index contributed by atoms with van der Waals surface area (Å²) >= 11 is 6.10. The highest BCUT2D eigenvalue weighted by Crippen LogP contribution is 2.30. The van der Waals surface area contributed by atoms with Gasteiger partial charge in [0.05, 0.1) is 16.3 Å². The zero-order valence-electron chi connectivity index (χ0n) is 11.5. The summed E-state index contributed by atoms with van der Waals surface area (Å²) in [5.74, 6) is -0.506. The average molecular weight is 298 g/mol. The summed E-state index contributed by atoms with van der Waals surface area (Å²) in [6.45, 7) is 6.07. The van der Waals surface area contributed by atoms with Crippen LogP contribution in [0.5, 0.6) is 0 Å². The van der Waals surface area contributed by atoms with Crippen molar-refractivity contribution in [2.24, 2.45) is 5.92 Å². The van der Waals surface area contributed by atoms with Crippen molar-refractivity contribution in [1.82, 2.24) is 4.90 Å². The number of nitrogens with zero attached hydrogens (tertiary/aromatic N) is 1. The van der Waals surface area contributed by atoms with Gasteiger partial charge in [0.15, 0.2) is 0 Å². The second kappa shape index (κ2) is 6.33. The van der Waals surface area contributed by atoms with E-state index in [1.54, 1.807) is 6.07 Å². The number of carboxylic acid groups (broad SMARTS) is 1. The van der Waals surface area contributed by atoms with Crippen LogP contribution in [0.1, 0.15) is 23.7 Å². The van der Waals surface area contributed by atoms with Crippen molar-refractivity contribution < 1.29 is 9.90 Å². The summed E-state index contributed by atoms with van der Waals surface area (Å²) in [6.07, 6.45) is 1.12. The molecule has 1 aliphatic rings. The molecule has 4 N–H and O–H groups in total. The maximum absolute atomic E-state index is 11.3. The van der Waals surface area contributed by atoms with Gasteiger partial charge in [-0.15, -0.1) is 0 Å². The maximum Gasteiger partial charge on any atom is 0.337 e. The van der Waals surface area contributed by atoms with Crippen LogP contribution in [0, 0.1) is 5.92 Å². The third-order valence-corrected chi connectivity index (χ3v) is 4.03. The van der Waals surface area contributed by atoms with Crippen molar-refractivity contribution in [3.8, 4) is 0 Å². The SMILES string of the molecule is CCN1CCC(CNc2c(Cl)cc(N)cc2C(=O)O)C1. The van der Waals surface area contributed by atoms with E-state index in [1.165, 1.54) is 6.07 Å². The van der Waals surface area contributed by atoms with Crippen LogP contribution in [0.25, 0.3) is 0 Å². The molecule has 1 aliphatic heterocycles. The Balaban J connectivity index is 2.08. The van der Waals surface area contributed by atoms with Gasteiger partial charge in [-0.05, 0) is 37.6 Å². The maximum atomic E-state index is 11.3. The second-order valence-electron chi connectivity index (χ2n) is 5.16. The Morgan fingerprint density at radius 3 is 2.95 bits per heavy atom. The molecular formula is C14H20ClN3O2. The molecule has 0 aromatic heterocycles. The molecule has 5 nitrogen and oxygen atoms in total. The average Bonchev–Trinajstić information content (AvgIpc) is 2.84. The highest BCUT2D eigenvalue weighted by molar-refractivity contribution is 6.34.